The molecule has 5 heteroatoms. The lowest BCUT2D eigenvalue weighted by molar-refractivity contribution is 0.490. The number of allylic oxidation sites excluding steroid dienone is 4. The van der Waals surface area contributed by atoms with Gasteiger partial charge in [-0.25, -0.2) is 0 Å². The van der Waals surface area contributed by atoms with Crippen LogP contribution in [-0.2, 0) is 10.1 Å². The molecular formula is C17H15O3PS. The minimum atomic E-state index is -4.18. The lowest BCUT2D eigenvalue weighted by Crippen LogP contribution is -2.14. The van der Waals surface area contributed by atoms with Gasteiger partial charge in [-0.15, -0.1) is 0 Å². The quantitative estimate of drug-likeness (QED) is 0.692. The van der Waals surface area contributed by atoms with E-state index in [1.54, 1.807) is 6.08 Å². The molecule has 0 heterocycles. The normalized spacial score (nSPS) is 14.8. The predicted octanol–water partition coefficient (Wildman–Crippen LogP) is 3.18. The Morgan fingerprint density at radius 1 is 0.864 bits per heavy atom. The fourth-order valence-electron chi connectivity index (χ4n) is 2.49. The molecule has 1 aliphatic rings. The minimum Gasteiger partial charge on any atom is -0.282 e. The van der Waals surface area contributed by atoms with E-state index in [4.69, 9.17) is 0 Å². The van der Waals surface area contributed by atoms with Crippen LogP contribution < -0.4 is 10.6 Å². The molecule has 0 radical (unpaired) electrons. The zero-order valence-corrected chi connectivity index (χ0v) is 13.5. The smallest absolute Gasteiger partial charge is 0.282 e. The topological polar surface area (TPSA) is 54.4 Å². The molecule has 1 N–H and O–H groups in total. The summed E-state index contributed by atoms with van der Waals surface area (Å²) >= 11 is 0. The molecule has 112 valence electrons. The summed E-state index contributed by atoms with van der Waals surface area (Å²) in [6.45, 7) is 0. The van der Waals surface area contributed by atoms with Gasteiger partial charge in [-0.1, -0.05) is 72.8 Å². The van der Waals surface area contributed by atoms with Crippen LogP contribution in [-0.4, -0.2) is 13.0 Å². The molecule has 0 aromatic heterocycles. The Labute approximate surface area is 131 Å². The maximum atomic E-state index is 11.7. The van der Waals surface area contributed by atoms with Crippen LogP contribution in [0.4, 0.5) is 0 Å². The van der Waals surface area contributed by atoms with E-state index < -0.39 is 18.0 Å². The SMILES string of the molecule is O=S(=O)(O)C1=C(P(c2ccccc2)c2ccccc2)C=CC1. The van der Waals surface area contributed by atoms with E-state index in [0.717, 1.165) is 10.6 Å². The first kappa shape index (κ1) is 15.2. The summed E-state index contributed by atoms with van der Waals surface area (Å²) in [6, 6.07) is 19.6. The molecule has 2 aromatic carbocycles. The Morgan fingerprint density at radius 3 is 1.82 bits per heavy atom. The molecule has 0 spiro atoms. The summed E-state index contributed by atoms with van der Waals surface area (Å²) in [7, 11) is -5.18. The van der Waals surface area contributed by atoms with Crippen molar-refractivity contribution in [2.45, 2.75) is 6.42 Å². The van der Waals surface area contributed by atoms with Crippen LogP contribution in [0.1, 0.15) is 6.42 Å². The minimum absolute atomic E-state index is 0.117. The number of benzene rings is 2. The third-order valence-corrected chi connectivity index (χ3v) is 7.14. The molecule has 0 fully saturated rings. The molecule has 0 bridgehead atoms. The highest BCUT2D eigenvalue weighted by Gasteiger charge is 2.28. The van der Waals surface area contributed by atoms with Gasteiger partial charge >= 0.3 is 0 Å². The summed E-state index contributed by atoms with van der Waals surface area (Å²) in [5.41, 5.74) is 0. The second-order valence-corrected chi connectivity index (χ2v) is 8.52. The zero-order valence-electron chi connectivity index (χ0n) is 11.8. The van der Waals surface area contributed by atoms with E-state index in [1.165, 1.54) is 0 Å². The second kappa shape index (κ2) is 6.17. The lowest BCUT2D eigenvalue weighted by Gasteiger charge is -2.20. The van der Waals surface area contributed by atoms with Crippen LogP contribution in [0.25, 0.3) is 0 Å². The molecule has 0 unspecified atom stereocenters. The molecule has 0 amide bonds. The Hall–Kier alpha value is -1.74. The summed E-state index contributed by atoms with van der Waals surface area (Å²) in [6.07, 6.45) is 3.88. The molecule has 0 aliphatic heterocycles. The van der Waals surface area contributed by atoms with E-state index in [9.17, 15) is 13.0 Å². The van der Waals surface area contributed by atoms with Crippen molar-refractivity contribution in [1.82, 2.24) is 0 Å². The van der Waals surface area contributed by atoms with Crippen molar-refractivity contribution in [1.29, 1.82) is 0 Å². The van der Waals surface area contributed by atoms with Gasteiger partial charge in [-0.05, 0) is 18.5 Å². The standard InChI is InChI=1S/C17H15O3PS/c18-22(19,20)17-13-7-12-16(17)21(14-8-3-1-4-9-14)15-10-5-2-6-11-15/h1-12H,13H2,(H,18,19,20). The lowest BCUT2D eigenvalue weighted by atomic mass is 10.4. The molecule has 1 aliphatic carbocycles. The Bertz CT molecular complexity index is 785. The van der Waals surface area contributed by atoms with Crippen LogP contribution in [0.5, 0.6) is 0 Å². The van der Waals surface area contributed by atoms with E-state index in [1.807, 2.05) is 66.7 Å². The van der Waals surface area contributed by atoms with Gasteiger partial charge in [-0.3, -0.25) is 4.55 Å². The van der Waals surface area contributed by atoms with Gasteiger partial charge in [0.1, 0.15) is 0 Å². The van der Waals surface area contributed by atoms with Crippen LogP contribution in [0.2, 0.25) is 0 Å². The molecule has 3 rings (SSSR count). The van der Waals surface area contributed by atoms with Crippen molar-refractivity contribution in [2.75, 3.05) is 0 Å². The first-order valence-electron chi connectivity index (χ1n) is 6.85. The molecule has 0 atom stereocenters. The Morgan fingerprint density at radius 2 is 1.36 bits per heavy atom. The Kier molecular flexibility index (Phi) is 4.25. The highest BCUT2D eigenvalue weighted by Crippen LogP contribution is 2.48. The maximum Gasteiger partial charge on any atom is 0.291 e. The van der Waals surface area contributed by atoms with Crippen molar-refractivity contribution >= 4 is 28.6 Å². The van der Waals surface area contributed by atoms with Crippen LogP contribution in [0, 0.1) is 0 Å². The summed E-state index contributed by atoms with van der Waals surface area (Å²) in [5, 5.41) is 2.83. The number of hydrogen-bond donors (Lipinski definition) is 1. The largest absolute Gasteiger partial charge is 0.291 e. The van der Waals surface area contributed by atoms with Gasteiger partial charge in [0, 0.05) is 11.7 Å². The molecule has 0 saturated carbocycles. The van der Waals surface area contributed by atoms with Gasteiger partial charge in [0.2, 0.25) is 0 Å². The van der Waals surface area contributed by atoms with Crippen molar-refractivity contribution < 1.29 is 13.0 Å². The fourth-order valence-corrected chi connectivity index (χ4v) is 6.14. The number of hydrogen-bond acceptors (Lipinski definition) is 2. The fraction of sp³-hybridized carbons (Fsp3) is 0.0588. The van der Waals surface area contributed by atoms with Crippen molar-refractivity contribution in [2.24, 2.45) is 0 Å². The van der Waals surface area contributed by atoms with Gasteiger partial charge in [0.15, 0.2) is 0 Å². The van der Waals surface area contributed by atoms with Crippen LogP contribution in [0.15, 0.2) is 83.0 Å². The maximum absolute atomic E-state index is 11.7. The summed E-state index contributed by atoms with van der Waals surface area (Å²) in [5.74, 6) is 0. The van der Waals surface area contributed by atoms with Crippen LogP contribution >= 0.6 is 7.92 Å². The monoisotopic (exact) mass is 330 g/mol. The van der Waals surface area contributed by atoms with E-state index in [-0.39, 0.29) is 11.3 Å². The van der Waals surface area contributed by atoms with E-state index in [2.05, 4.69) is 0 Å². The van der Waals surface area contributed by atoms with Gasteiger partial charge in [-0.2, -0.15) is 8.42 Å². The van der Waals surface area contributed by atoms with Gasteiger partial charge in [0.25, 0.3) is 10.1 Å². The summed E-state index contributed by atoms with van der Waals surface area (Å²) < 4.78 is 32.9. The second-order valence-electron chi connectivity index (χ2n) is 4.90. The van der Waals surface area contributed by atoms with Crippen molar-refractivity contribution in [3.05, 3.63) is 83.0 Å². The molecule has 22 heavy (non-hydrogen) atoms. The predicted molar refractivity (Wildman–Crippen MR) is 91.4 cm³/mol. The average molecular weight is 330 g/mol. The third kappa shape index (κ3) is 3.05. The molecule has 3 nitrogen and oxygen atoms in total. The molecular weight excluding hydrogens is 315 g/mol. The van der Waals surface area contributed by atoms with Gasteiger partial charge in [0.05, 0.1) is 4.91 Å². The van der Waals surface area contributed by atoms with Crippen molar-refractivity contribution in [3.63, 3.8) is 0 Å². The van der Waals surface area contributed by atoms with Crippen molar-refractivity contribution in [3.8, 4) is 0 Å². The summed E-state index contributed by atoms with van der Waals surface area (Å²) in [4.78, 5) is 0.117. The first-order valence-corrected chi connectivity index (χ1v) is 9.63. The Balaban J connectivity index is 2.21. The van der Waals surface area contributed by atoms with E-state index in [0.29, 0.717) is 5.31 Å². The van der Waals surface area contributed by atoms with Crippen LogP contribution in [0.3, 0.4) is 0 Å². The van der Waals surface area contributed by atoms with E-state index >= 15 is 0 Å². The average Bonchev–Trinajstić information content (AvgIpc) is 2.99. The van der Waals surface area contributed by atoms with Gasteiger partial charge < -0.3 is 0 Å². The zero-order chi connectivity index (χ0) is 15.6. The first-order chi connectivity index (χ1) is 10.6. The molecule has 0 saturated heterocycles. The number of rotatable bonds is 4. The molecule has 2 aromatic rings. The third-order valence-electron chi connectivity index (χ3n) is 3.45. The highest BCUT2D eigenvalue weighted by atomic mass is 32.2. The highest BCUT2D eigenvalue weighted by molar-refractivity contribution is 7.90.